The normalized spacial score (nSPS) is 40.2. The molecule has 1 aromatic carbocycles. The highest BCUT2D eigenvalue weighted by Gasteiger charge is 2.74. The van der Waals surface area contributed by atoms with Gasteiger partial charge in [0.25, 0.3) is 0 Å². The molecule has 0 unspecified atom stereocenters. The van der Waals surface area contributed by atoms with Crippen LogP contribution in [0.15, 0.2) is 18.2 Å². The molecule has 0 amide bonds. The highest BCUT2D eigenvalue weighted by atomic mass is 35.5. The molecule has 5 aliphatic carbocycles. The Kier molecular flexibility index (Phi) is 3.54. The van der Waals surface area contributed by atoms with Crippen molar-refractivity contribution in [3.8, 4) is 12.1 Å². The molecule has 5 fully saturated rings. The van der Waals surface area contributed by atoms with Crippen LogP contribution in [0.4, 0.5) is 4.39 Å². The summed E-state index contributed by atoms with van der Waals surface area (Å²) in [7, 11) is 0. The van der Waals surface area contributed by atoms with E-state index in [0.717, 1.165) is 19.3 Å². The predicted octanol–water partition coefficient (Wildman–Crippen LogP) is 5.01. The number of nitriles is 2. The summed E-state index contributed by atoms with van der Waals surface area (Å²) in [6, 6.07) is 8.46. The van der Waals surface area contributed by atoms with Crippen molar-refractivity contribution in [2.24, 2.45) is 34.5 Å². The van der Waals surface area contributed by atoms with Gasteiger partial charge < -0.3 is 0 Å². The average Bonchev–Trinajstić information content (AvgIpc) is 3.28. The predicted molar refractivity (Wildman–Crippen MR) is 96.9 cm³/mol. The van der Waals surface area contributed by atoms with Gasteiger partial charge in [-0.15, -0.1) is 0 Å². The summed E-state index contributed by atoms with van der Waals surface area (Å²) in [4.78, 5) is 13.7. The number of carbonyl (C=O) groups is 1. The third-order valence-electron chi connectivity index (χ3n) is 7.73. The lowest BCUT2D eigenvalue weighted by Crippen LogP contribution is -2.50. The molecule has 0 aromatic heterocycles. The molecular formula is C22H20ClFN2O. The van der Waals surface area contributed by atoms with Gasteiger partial charge in [-0.2, -0.15) is 10.5 Å². The van der Waals surface area contributed by atoms with Gasteiger partial charge in [-0.3, -0.25) is 4.79 Å². The minimum Gasteiger partial charge on any atom is -0.299 e. The van der Waals surface area contributed by atoms with Crippen molar-refractivity contribution in [1.82, 2.24) is 0 Å². The van der Waals surface area contributed by atoms with Gasteiger partial charge in [-0.1, -0.05) is 17.7 Å². The van der Waals surface area contributed by atoms with Crippen LogP contribution in [0.3, 0.4) is 0 Å². The zero-order valence-corrected chi connectivity index (χ0v) is 15.7. The Hall–Kier alpha value is -1.91. The highest BCUT2D eigenvalue weighted by molar-refractivity contribution is 6.31. The fourth-order valence-corrected chi connectivity index (χ4v) is 7.27. The second-order valence-corrected chi connectivity index (χ2v) is 9.65. The molecule has 4 bridgehead atoms. The average molecular weight is 383 g/mol. The largest absolute Gasteiger partial charge is 0.299 e. The zero-order chi connectivity index (χ0) is 19.0. The maximum Gasteiger partial charge on any atom is 0.161 e. The first-order chi connectivity index (χ1) is 12.9. The lowest BCUT2D eigenvalue weighted by molar-refractivity contribution is -0.145. The van der Waals surface area contributed by atoms with Gasteiger partial charge in [0.05, 0.1) is 18.1 Å². The Labute approximate surface area is 163 Å². The SMILES string of the molecule is N#CC1(C#N)[C@@H](C(=O)C23CC4CC(CC(C4)C2)C3)[C@@H]1c1c(F)cccc1Cl. The quantitative estimate of drug-likeness (QED) is 0.737. The maximum atomic E-state index is 14.5. The molecule has 27 heavy (non-hydrogen) atoms. The van der Waals surface area contributed by atoms with Crippen LogP contribution in [0.25, 0.3) is 0 Å². The monoisotopic (exact) mass is 382 g/mol. The maximum absolute atomic E-state index is 14.5. The van der Waals surface area contributed by atoms with Crippen LogP contribution < -0.4 is 0 Å². The van der Waals surface area contributed by atoms with E-state index in [9.17, 15) is 19.7 Å². The topological polar surface area (TPSA) is 64.7 Å². The molecule has 0 heterocycles. The van der Waals surface area contributed by atoms with E-state index in [2.05, 4.69) is 12.1 Å². The van der Waals surface area contributed by atoms with Crippen LogP contribution in [-0.4, -0.2) is 5.78 Å². The van der Waals surface area contributed by atoms with E-state index >= 15 is 0 Å². The van der Waals surface area contributed by atoms with Crippen molar-refractivity contribution in [2.75, 3.05) is 0 Å². The fourth-order valence-electron chi connectivity index (χ4n) is 6.99. The molecule has 2 atom stereocenters. The molecule has 5 aliphatic rings. The van der Waals surface area contributed by atoms with Gasteiger partial charge in [0.2, 0.25) is 0 Å². The van der Waals surface area contributed by atoms with Crippen LogP contribution in [0.1, 0.15) is 50.0 Å². The third kappa shape index (κ3) is 2.20. The Balaban J connectivity index is 1.55. The number of rotatable bonds is 3. The molecule has 0 aliphatic heterocycles. The number of carbonyl (C=O) groups excluding carboxylic acids is 1. The smallest absolute Gasteiger partial charge is 0.161 e. The van der Waals surface area contributed by atoms with Gasteiger partial charge in [-0.05, 0) is 68.4 Å². The molecular weight excluding hydrogens is 363 g/mol. The lowest BCUT2D eigenvalue weighted by atomic mass is 9.48. The summed E-state index contributed by atoms with van der Waals surface area (Å²) in [6.07, 6.45) is 6.25. The number of Topliss-reactive ketones (excluding diaryl/α,β-unsaturated/α-hetero) is 1. The van der Waals surface area contributed by atoms with Crippen LogP contribution in [-0.2, 0) is 4.79 Å². The number of halogens is 2. The van der Waals surface area contributed by atoms with E-state index in [1.165, 1.54) is 31.4 Å². The van der Waals surface area contributed by atoms with Gasteiger partial charge in [0.15, 0.2) is 5.41 Å². The molecule has 0 spiro atoms. The number of nitrogens with zero attached hydrogens (tertiary/aromatic N) is 2. The number of hydrogen-bond acceptors (Lipinski definition) is 3. The summed E-state index contributed by atoms with van der Waals surface area (Å²) >= 11 is 6.22. The van der Waals surface area contributed by atoms with Crippen LogP contribution in [0.5, 0.6) is 0 Å². The molecule has 3 nitrogen and oxygen atoms in total. The standard InChI is InChI=1S/C22H20ClFN2O/c23-15-2-1-3-16(24)17(15)18-19(22(18,10-25)11-26)20(27)21-7-12-4-13(8-21)6-14(5-12)9-21/h1-3,12-14,18-19H,4-9H2/t12?,13?,14?,18-,19+,21?/m0/s1. The van der Waals surface area contributed by atoms with E-state index in [1.54, 1.807) is 6.07 Å². The van der Waals surface area contributed by atoms with E-state index in [0.29, 0.717) is 17.8 Å². The molecule has 5 heteroatoms. The van der Waals surface area contributed by atoms with Crippen molar-refractivity contribution >= 4 is 17.4 Å². The first-order valence-corrected chi connectivity index (χ1v) is 10.1. The molecule has 1 aromatic rings. The fraction of sp³-hybridized carbons (Fsp3) is 0.591. The zero-order valence-electron chi connectivity index (χ0n) is 14.9. The van der Waals surface area contributed by atoms with Gasteiger partial charge in [0.1, 0.15) is 11.6 Å². The van der Waals surface area contributed by atoms with Gasteiger partial charge in [0, 0.05) is 21.9 Å². The van der Waals surface area contributed by atoms with E-state index in [1.807, 2.05) is 0 Å². The van der Waals surface area contributed by atoms with E-state index < -0.39 is 28.5 Å². The second-order valence-electron chi connectivity index (χ2n) is 9.25. The minimum atomic E-state index is -1.49. The van der Waals surface area contributed by atoms with Crippen molar-refractivity contribution in [3.05, 3.63) is 34.6 Å². The first-order valence-electron chi connectivity index (χ1n) is 9.75. The summed E-state index contributed by atoms with van der Waals surface area (Å²) < 4.78 is 14.5. The van der Waals surface area contributed by atoms with Crippen molar-refractivity contribution in [1.29, 1.82) is 10.5 Å². The summed E-state index contributed by atoms with van der Waals surface area (Å²) in [5.41, 5.74) is -1.75. The van der Waals surface area contributed by atoms with Crippen LogP contribution in [0.2, 0.25) is 5.02 Å². The Morgan fingerprint density at radius 1 is 1.07 bits per heavy atom. The van der Waals surface area contributed by atoms with Gasteiger partial charge >= 0.3 is 0 Å². The Bertz CT molecular complexity index is 858. The molecule has 138 valence electrons. The molecule has 0 N–H and O–H groups in total. The molecule has 0 radical (unpaired) electrons. The third-order valence-corrected chi connectivity index (χ3v) is 8.06. The summed E-state index contributed by atoms with van der Waals surface area (Å²) in [5, 5.41) is 19.8. The molecule has 6 rings (SSSR count). The van der Waals surface area contributed by atoms with Crippen molar-refractivity contribution in [3.63, 3.8) is 0 Å². The Morgan fingerprint density at radius 3 is 2.11 bits per heavy atom. The molecule has 5 saturated carbocycles. The minimum absolute atomic E-state index is 0.0222. The Morgan fingerprint density at radius 2 is 1.63 bits per heavy atom. The number of ketones is 1. The van der Waals surface area contributed by atoms with Crippen LogP contribution >= 0.6 is 11.6 Å². The van der Waals surface area contributed by atoms with Crippen LogP contribution in [0, 0.1) is 63.0 Å². The van der Waals surface area contributed by atoms with E-state index in [4.69, 9.17) is 11.6 Å². The van der Waals surface area contributed by atoms with Crippen molar-refractivity contribution < 1.29 is 9.18 Å². The molecule has 0 saturated heterocycles. The number of hydrogen-bond donors (Lipinski definition) is 0. The first kappa shape index (κ1) is 17.2. The second kappa shape index (κ2) is 5.55. The summed E-state index contributed by atoms with van der Waals surface area (Å²) in [6.45, 7) is 0. The van der Waals surface area contributed by atoms with Gasteiger partial charge in [-0.25, -0.2) is 4.39 Å². The van der Waals surface area contributed by atoms with E-state index in [-0.39, 0.29) is 16.4 Å². The summed E-state index contributed by atoms with van der Waals surface area (Å²) in [5.74, 6) is -0.272. The number of benzene rings is 1. The van der Waals surface area contributed by atoms with Crippen molar-refractivity contribution in [2.45, 2.75) is 44.4 Å². The lowest BCUT2D eigenvalue weighted by Gasteiger charge is -2.56. The highest BCUT2D eigenvalue weighted by Crippen LogP contribution is 2.70.